The first kappa shape index (κ1) is 16.8. The minimum Gasteiger partial charge on any atom is -0.356 e. The second-order valence-electron chi connectivity index (χ2n) is 6.51. The standard InChI is InChI=1S/C18H23ClN4O/c1-21(2)18(24)22(3)15-8-10-23(11-9-15)17-7-4-13-12-14(19)5-6-16(13)20-17/h4-7,12,15H,8-11H2,1-3H3. The SMILES string of the molecule is CN(C)C(=O)N(C)C1CCN(c2ccc3cc(Cl)ccc3n2)CC1. The number of hydrogen-bond acceptors (Lipinski definition) is 3. The molecule has 24 heavy (non-hydrogen) atoms. The largest absolute Gasteiger partial charge is 0.356 e. The van der Waals surface area contributed by atoms with Crippen LogP contribution in [0.15, 0.2) is 30.3 Å². The van der Waals surface area contributed by atoms with E-state index < -0.39 is 0 Å². The van der Waals surface area contributed by atoms with Crippen molar-refractivity contribution in [1.82, 2.24) is 14.8 Å². The van der Waals surface area contributed by atoms with E-state index in [0.717, 1.165) is 47.7 Å². The van der Waals surface area contributed by atoms with Gasteiger partial charge in [0.2, 0.25) is 0 Å². The van der Waals surface area contributed by atoms with Crippen molar-refractivity contribution in [3.63, 3.8) is 0 Å². The third kappa shape index (κ3) is 3.41. The van der Waals surface area contributed by atoms with Crippen LogP contribution in [0.2, 0.25) is 5.02 Å². The van der Waals surface area contributed by atoms with Gasteiger partial charge >= 0.3 is 6.03 Å². The Morgan fingerprint density at radius 1 is 1.17 bits per heavy atom. The minimum atomic E-state index is 0.0640. The molecule has 0 spiro atoms. The van der Waals surface area contributed by atoms with Gasteiger partial charge < -0.3 is 14.7 Å². The van der Waals surface area contributed by atoms with Gasteiger partial charge in [-0.1, -0.05) is 11.6 Å². The molecule has 1 aliphatic rings. The first-order valence-electron chi connectivity index (χ1n) is 8.21. The molecule has 0 unspecified atom stereocenters. The van der Waals surface area contributed by atoms with Gasteiger partial charge in [0, 0.05) is 50.7 Å². The summed E-state index contributed by atoms with van der Waals surface area (Å²) in [5.41, 5.74) is 0.957. The van der Waals surface area contributed by atoms with E-state index in [1.54, 1.807) is 19.0 Å². The van der Waals surface area contributed by atoms with Crippen molar-refractivity contribution in [3.05, 3.63) is 35.4 Å². The quantitative estimate of drug-likeness (QED) is 0.835. The Morgan fingerprint density at radius 2 is 1.88 bits per heavy atom. The molecular formula is C18H23ClN4O. The number of rotatable bonds is 2. The third-order valence-corrected chi connectivity index (χ3v) is 4.89. The zero-order valence-corrected chi connectivity index (χ0v) is 15.1. The van der Waals surface area contributed by atoms with Gasteiger partial charge in [0.05, 0.1) is 5.52 Å². The number of pyridine rings is 1. The Hall–Kier alpha value is -2.01. The van der Waals surface area contributed by atoms with Crippen molar-refractivity contribution >= 4 is 34.4 Å². The fourth-order valence-electron chi connectivity index (χ4n) is 3.22. The normalized spacial score (nSPS) is 15.6. The molecule has 2 aromatic rings. The number of hydrogen-bond donors (Lipinski definition) is 0. The topological polar surface area (TPSA) is 39.7 Å². The number of piperidine rings is 1. The van der Waals surface area contributed by atoms with Gasteiger partial charge in [-0.15, -0.1) is 0 Å². The first-order chi connectivity index (χ1) is 11.5. The molecule has 0 bridgehead atoms. The van der Waals surface area contributed by atoms with E-state index in [1.165, 1.54) is 0 Å². The van der Waals surface area contributed by atoms with Crippen LogP contribution in [0.3, 0.4) is 0 Å². The average Bonchev–Trinajstić information content (AvgIpc) is 2.60. The highest BCUT2D eigenvalue weighted by atomic mass is 35.5. The zero-order valence-electron chi connectivity index (χ0n) is 14.4. The van der Waals surface area contributed by atoms with E-state index in [9.17, 15) is 4.79 Å². The summed E-state index contributed by atoms with van der Waals surface area (Å²) in [5.74, 6) is 0.991. The molecule has 1 aromatic heterocycles. The van der Waals surface area contributed by atoms with Crippen LogP contribution in [0.4, 0.5) is 10.6 Å². The van der Waals surface area contributed by atoms with Gasteiger partial charge in [-0.25, -0.2) is 9.78 Å². The molecule has 1 fully saturated rings. The summed E-state index contributed by atoms with van der Waals surface area (Å²) in [6.45, 7) is 1.81. The number of nitrogens with zero attached hydrogens (tertiary/aromatic N) is 4. The number of benzene rings is 1. The summed E-state index contributed by atoms with van der Waals surface area (Å²) < 4.78 is 0. The zero-order chi connectivity index (χ0) is 17.3. The summed E-state index contributed by atoms with van der Waals surface area (Å²) in [5, 5.41) is 1.78. The van der Waals surface area contributed by atoms with E-state index in [2.05, 4.69) is 11.0 Å². The number of aromatic nitrogens is 1. The molecule has 5 nitrogen and oxygen atoms in total. The minimum absolute atomic E-state index is 0.0640. The summed E-state index contributed by atoms with van der Waals surface area (Å²) in [7, 11) is 5.47. The number of urea groups is 1. The van der Waals surface area contributed by atoms with Crippen LogP contribution in [0, 0.1) is 0 Å². The Balaban J connectivity index is 1.68. The second-order valence-corrected chi connectivity index (χ2v) is 6.95. The van der Waals surface area contributed by atoms with Gasteiger partial charge in [-0.3, -0.25) is 0 Å². The maximum Gasteiger partial charge on any atom is 0.319 e. The van der Waals surface area contributed by atoms with Gasteiger partial charge in [0.15, 0.2) is 0 Å². The molecule has 1 saturated heterocycles. The predicted octanol–water partition coefficient (Wildman–Crippen LogP) is 3.47. The van der Waals surface area contributed by atoms with Crippen molar-refractivity contribution in [2.75, 3.05) is 39.1 Å². The highest BCUT2D eigenvalue weighted by molar-refractivity contribution is 6.31. The van der Waals surface area contributed by atoms with Crippen LogP contribution in [0.1, 0.15) is 12.8 Å². The van der Waals surface area contributed by atoms with Gasteiger partial charge in [0.25, 0.3) is 0 Å². The van der Waals surface area contributed by atoms with Crippen LogP contribution in [0.25, 0.3) is 10.9 Å². The van der Waals surface area contributed by atoms with Crippen LogP contribution in [-0.4, -0.2) is 61.1 Å². The molecule has 6 heteroatoms. The molecule has 1 aliphatic heterocycles. The highest BCUT2D eigenvalue weighted by Gasteiger charge is 2.26. The van der Waals surface area contributed by atoms with E-state index in [-0.39, 0.29) is 12.1 Å². The van der Waals surface area contributed by atoms with E-state index in [4.69, 9.17) is 16.6 Å². The summed E-state index contributed by atoms with van der Waals surface area (Å²) in [6, 6.07) is 10.2. The molecule has 0 atom stereocenters. The fraction of sp³-hybridized carbons (Fsp3) is 0.444. The van der Waals surface area contributed by atoms with Gasteiger partial charge in [0.1, 0.15) is 5.82 Å². The number of carbonyl (C=O) groups excluding carboxylic acids is 1. The number of amides is 2. The van der Waals surface area contributed by atoms with Crippen LogP contribution in [-0.2, 0) is 0 Å². The average molecular weight is 347 g/mol. The lowest BCUT2D eigenvalue weighted by Crippen LogP contribution is -2.48. The Bertz CT molecular complexity index is 741. The number of carbonyl (C=O) groups is 1. The van der Waals surface area contributed by atoms with Gasteiger partial charge in [-0.2, -0.15) is 0 Å². The lowest BCUT2D eigenvalue weighted by Gasteiger charge is -2.38. The molecule has 0 saturated carbocycles. The summed E-state index contributed by atoms with van der Waals surface area (Å²) in [6.07, 6.45) is 1.91. The Morgan fingerprint density at radius 3 is 2.54 bits per heavy atom. The fourth-order valence-corrected chi connectivity index (χ4v) is 3.40. The van der Waals surface area contributed by atoms with Crippen molar-refractivity contribution in [2.24, 2.45) is 0 Å². The van der Waals surface area contributed by atoms with Crippen molar-refractivity contribution < 1.29 is 4.79 Å². The smallest absolute Gasteiger partial charge is 0.319 e. The maximum absolute atomic E-state index is 12.1. The van der Waals surface area contributed by atoms with E-state index >= 15 is 0 Å². The second kappa shape index (κ2) is 6.85. The number of anilines is 1. The molecule has 0 radical (unpaired) electrons. The summed E-state index contributed by atoms with van der Waals surface area (Å²) in [4.78, 5) is 22.6. The molecule has 1 aromatic carbocycles. The molecule has 3 rings (SSSR count). The van der Waals surface area contributed by atoms with Crippen molar-refractivity contribution in [3.8, 4) is 0 Å². The number of fused-ring (bicyclic) bond motifs is 1. The summed E-state index contributed by atoms with van der Waals surface area (Å²) >= 11 is 6.03. The van der Waals surface area contributed by atoms with Crippen molar-refractivity contribution in [2.45, 2.75) is 18.9 Å². The van der Waals surface area contributed by atoms with E-state index in [0.29, 0.717) is 0 Å². The molecular weight excluding hydrogens is 324 g/mol. The maximum atomic E-state index is 12.1. The number of halogens is 1. The lowest BCUT2D eigenvalue weighted by molar-refractivity contribution is 0.155. The molecule has 128 valence electrons. The first-order valence-corrected chi connectivity index (χ1v) is 8.59. The molecule has 0 N–H and O–H groups in total. The highest BCUT2D eigenvalue weighted by Crippen LogP contribution is 2.25. The van der Waals surface area contributed by atoms with Crippen LogP contribution in [0.5, 0.6) is 0 Å². The van der Waals surface area contributed by atoms with E-state index in [1.807, 2.05) is 36.2 Å². The molecule has 0 aliphatic carbocycles. The van der Waals surface area contributed by atoms with Crippen LogP contribution < -0.4 is 4.90 Å². The van der Waals surface area contributed by atoms with Crippen molar-refractivity contribution in [1.29, 1.82) is 0 Å². The van der Waals surface area contributed by atoms with Gasteiger partial charge in [-0.05, 0) is 43.2 Å². The Labute approximate surface area is 147 Å². The monoisotopic (exact) mass is 346 g/mol. The predicted molar refractivity (Wildman–Crippen MR) is 98.8 cm³/mol. The lowest BCUT2D eigenvalue weighted by atomic mass is 10.0. The third-order valence-electron chi connectivity index (χ3n) is 4.66. The Kier molecular flexibility index (Phi) is 4.81. The van der Waals surface area contributed by atoms with Crippen LogP contribution >= 0.6 is 11.6 Å². The molecule has 2 heterocycles. The molecule has 2 amide bonds.